The minimum atomic E-state index is -0.956. The van der Waals surface area contributed by atoms with Crippen LogP contribution in [0.2, 0.25) is 0 Å². The number of hydrogen-bond donors (Lipinski definition) is 1. The number of aryl methyl sites for hydroxylation is 2. The van der Waals surface area contributed by atoms with E-state index in [-0.39, 0.29) is 5.69 Å². The van der Waals surface area contributed by atoms with Gasteiger partial charge in [0.25, 0.3) is 0 Å². The highest BCUT2D eigenvalue weighted by Gasteiger charge is 2.18. The average molecular weight is 288 g/mol. The van der Waals surface area contributed by atoms with E-state index >= 15 is 0 Å². The van der Waals surface area contributed by atoms with Crippen molar-refractivity contribution in [3.05, 3.63) is 34.3 Å². The zero-order valence-corrected chi connectivity index (χ0v) is 12.3. The first-order chi connectivity index (χ1) is 9.56. The van der Waals surface area contributed by atoms with Gasteiger partial charge in [0, 0.05) is 29.7 Å². The number of anilines is 1. The van der Waals surface area contributed by atoms with Gasteiger partial charge in [-0.3, -0.25) is 0 Å². The molecule has 0 spiro atoms. The standard InChI is InChI=1S/C15H16N2O2S/c1-9-13(15(18)19)16-14(20-9)11-5-6-12-10(8-11)4-3-7-17(12)2/h5-6,8H,3-4,7H2,1-2H3,(H,18,19). The Labute approximate surface area is 121 Å². The fraction of sp³-hybridized carbons (Fsp3) is 0.333. The average Bonchev–Trinajstić information content (AvgIpc) is 2.81. The molecule has 0 unspecified atom stereocenters. The molecule has 0 bridgehead atoms. The Balaban J connectivity index is 2.03. The maximum Gasteiger partial charge on any atom is 0.355 e. The van der Waals surface area contributed by atoms with Crippen molar-refractivity contribution in [3.8, 4) is 10.6 Å². The lowest BCUT2D eigenvalue weighted by molar-refractivity contribution is 0.0690. The van der Waals surface area contributed by atoms with Crippen LogP contribution in [0.1, 0.15) is 27.3 Å². The molecule has 0 saturated heterocycles. The van der Waals surface area contributed by atoms with Crippen molar-refractivity contribution < 1.29 is 9.90 Å². The van der Waals surface area contributed by atoms with Crippen LogP contribution in [0.4, 0.5) is 5.69 Å². The number of thiazole rings is 1. The summed E-state index contributed by atoms with van der Waals surface area (Å²) in [5.41, 5.74) is 3.77. The van der Waals surface area contributed by atoms with Crippen LogP contribution < -0.4 is 4.90 Å². The Morgan fingerprint density at radius 1 is 1.45 bits per heavy atom. The van der Waals surface area contributed by atoms with Gasteiger partial charge in [-0.15, -0.1) is 11.3 Å². The van der Waals surface area contributed by atoms with Crippen molar-refractivity contribution in [2.75, 3.05) is 18.5 Å². The van der Waals surface area contributed by atoms with Crippen LogP contribution in [-0.4, -0.2) is 29.7 Å². The summed E-state index contributed by atoms with van der Waals surface area (Å²) >= 11 is 1.44. The van der Waals surface area contributed by atoms with Crippen molar-refractivity contribution in [3.63, 3.8) is 0 Å². The molecule has 1 aliphatic rings. The topological polar surface area (TPSA) is 53.4 Å². The van der Waals surface area contributed by atoms with Crippen LogP contribution >= 0.6 is 11.3 Å². The van der Waals surface area contributed by atoms with E-state index in [2.05, 4.69) is 29.1 Å². The Bertz CT molecular complexity index is 679. The summed E-state index contributed by atoms with van der Waals surface area (Å²) < 4.78 is 0. The molecular weight excluding hydrogens is 272 g/mol. The molecular formula is C15H16N2O2S. The Kier molecular flexibility index (Phi) is 3.22. The monoisotopic (exact) mass is 288 g/mol. The molecule has 104 valence electrons. The second-order valence-corrected chi connectivity index (χ2v) is 6.30. The smallest absolute Gasteiger partial charge is 0.355 e. The maximum atomic E-state index is 11.1. The predicted octanol–water partition coefficient (Wildman–Crippen LogP) is 3.20. The number of carbonyl (C=O) groups is 1. The molecule has 0 fully saturated rings. The van der Waals surface area contributed by atoms with Crippen LogP contribution in [0.15, 0.2) is 18.2 Å². The van der Waals surface area contributed by atoms with Crippen molar-refractivity contribution in [2.45, 2.75) is 19.8 Å². The van der Waals surface area contributed by atoms with Gasteiger partial charge in [-0.2, -0.15) is 0 Å². The molecule has 1 aromatic heterocycles. The predicted molar refractivity (Wildman–Crippen MR) is 80.8 cm³/mol. The lowest BCUT2D eigenvalue weighted by Gasteiger charge is -2.27. The van der Waals surface area contributed by atoms with Crippen molar-refractivity contribution in [2.24, 2.45) is 0 Å². The number of carboxylic acids is 1. The van der Waals surface area contributed by atoms with Crippen LogP contribution in [0.5, 0.6) is 0 Å². The van der Waals surface area contributed by atoms with E-state index in [0.29, 0.717) is 0 Å². The Morgan fingerprint density at radius 3 is 2.95 bits per heavy atom. The molecule has 1 N–H and O–H groups in total. The van der Waals surface area contributed by atoms with Crippen molar-refractivity contribution >= 4 is 23.0 Å². The summed E-state index contributed by atoms with van der Waals surface area (Å²) in [5.74, 6) is -0.956. The summed E-state index contributed by atoms with van der Waals surface area (Å²) in [6, 6.07) is 6.29. The van der Waals surface area contributed by atoms with Crippen LogP contribution in [0, 0.1) is 6.92 Å². The van der Waals surface area contributed by atoms with E-state index in [1.54, 1.807) is 6.92 Å². The first-order valence-corrected chi connectivity index (χ1v) is 7.43. The molecule has 0 atom stereocenters. The van der Waals surface area contributed by atoms with Crippen molar-refractivity contribution in [1.82, 2.24) is 4.98 Å². The molecule has 0 saturated carbocycles. The first kappa shape index (κ1) is 13.1. The first-order valence-electron chi connectivity index (χ1n) is 6.61. The van der Waals surface area contributed by atoms with E-state index in [9.17, 15) is 4.79 Å². The minimum Gasteiger partial charge on any atom is -0.476 e. The molecule has 3 rings (SSSR count). The van der Waals surface area contributed by atoms with Gasteiger partial charge in [0.2, 0.25) is 0 Å². The molecule has 1 aliphatic heterocycles. The van der Waals surface area contributed by atoms with Crippen LogP contribution in [0.25, 0.3) is 10.6 Å². The van der Waals surface area contributed by atoms with Gasteiger partial charge < -0.3 is 10.0 Å². The fourth-order valence-electron chi connectivity index (χ4n) is 2.64. The maximum absolute atomic E-state index is 11.1. The van der Waals surface area contributed by atoms with Crippen LogP contribution in [-0.2, 0) is 6.42 Å². The molecule has 1 aromatic carbocycles. The molecule has 20 heavy (non-hydrogen) atoms. The molecule has 0 radical (unpaired) electrons. The fourth-order valence-corrected chi connectivity index (χ4v) is 3.54. The zero-order chi connectivity index (χ0) is 14.3. The van der Waals surface area contributed by atoms with Gasteiger partial charge in [-0.05, 0) is 43.5 Å². The van der Waals surface area contributed by atoms with Crippen molar-refractivity contribution in [1.29, 1.82) is 0 Å². The largest absolute Gasteiger partial charge is 0.476 e. The van der Waals surface area contributed by atoms with E-state index in [4.69, 9.17) is 5.11 Å². The second kappa shape index (κ2) is 4.90. The summed E-state index contributed by atoms with van der Waals surface area (Å²) in [6.45, 7) is 2.89. The van der Waals surface area contributed by atoms with Gasteiger partial charge in [-0.1, -0.05) is 0 Å². The molecule has 5 heteroatoms. The molecule has 0 amide bonds. The molecule has 4 nitrogen and oxygen atoms in total. The van der Waals surface area contributed by atoms with Crippen LogP contribution in [0.3, 0.4) is 0 Å². The van der Waals surface area contributed by atoms with Gasteiger partial charge in [0.1, 0.15) is 5.01 Å². The van der Waals surface area contributed by atoms with E-state index in [0.717, 1.165) is 34.8 Å². The van der Waals surface area contributed by atoms with E-state index in [1.165, 1.54) is 22.6 Å². The lowest BCUT2D eigenvalue weighted by Crippen LogP contribution is -2.24. The number of carboxylic acid groups (broad SMARTS) is 1. The highest BCUT2D eigenvalue weighted by Crippen LogP contribution is 2.33. The van der Waals surface area contributed by atoms with E-state index in [1.807, 2.05) is 6.07 Å². The second-order valence-electron chi connectivity index (χ2n) is 5.10. The van der Waals surface area contributed by atoms with Gasteiger partial charge in [0.15, 0.2) is 5.69 Å². The van der Waals surface area contributed by atoms with Gasteiger partial charge >= 0.3 is 5.97 Å². The highest BCUT2D eigenvalue weighted by molar-refractivity contribution is 7.15. The summed E-state index contributed by atoms with van der Waals surface area (Å²) in [4.78, 5) is 18.3. The third-order valence-electron chi connectivity index (χ3n) is 3.68. The molecule has 2 heterocycles. The van der Waals surface area contributed by atoms with Gasteiger partial charge in [-0.25, -0.2) is 9.78 Å². The summed E-state index contributed by atoms with van der Waals surface area (Å²) in [5, 5.41) is 9.88. The summed E-state index contributed by atoms with van der Waals surface area (Å²) in [7, 11) is 2.10. The number of nitrogens with zero attached hydrogens (tertiary/aromatic N) is 2. The number of fused-ring (bicyclic) bond motifs is 1. The zero-order valence-electron chi connectivity index (χ0n) is 11.5. The SMILES string of the molecule is Cc1sc(-c2ccc3c(c2)CCCN3C)nc1C(=O)O. The number of benzene rings is 1. The van der Waals surface area contributed by atoms with E-state index < -0.39 is 5.97 Å². The minimum absolute atomic E-state index is 0.167. The normalized spacial score (nSPS) is 14.2. The Hall–Kier alpha value is -1.88. The Morgan fingerprint density at radius 2 is 2.25 bits per heavy atom. The molecule has 2 aromatic rings. The quantitative estimate of drug-likeness (QED) is 0.922. The highest BCUT2D eigenvalue weighted by atomic mass is 32.1. The number of rotatable bonds is 2. The molecule has 0 aliphatic carbocycles. The summed E-state index contributed by atoms with van der Waals surface area (Å²) in [6.07, 6.45) is 2.23. The number of aromatic nitrogens is 1. The third-order valence-corrected chi connectivity index (χ3v) is 4.70. The third kappa shape index (κ3) is 2.18. The number of hydrogen-bond acceptors (Lipinski definition) is 4. The lowest BCUT2D eigenvalue weighted by atomic mass is 10.00. The van der Waals surface area contributed by atoms with Gasteiger partial charge in [0.05, 0.1) is 0 Å². The number of aromatic carboxylic acids is 1.